The van der Waals surface area contributed by atoms with Gasteiger partial charge in [0.15, 0.2) is 0 Å². The molecule has 6 heteroatoms. The quantitative estimate of drug-likeness (QED) is 0.841. The summed E-state index contributed by atoms with van der Waals surface area (Å²) in [4.78, 5) is 22.0. The molecular weight excluding hydrogens is 256 g/mol. The number of anilines is 1. The Morgan fingerprint density at radius 1 is 1.45 bits per heavy atom. The molecule has 110 valence electrons. The van der Waals surface area contributed by atoms with Crippen LogP contribution in [0.15, 0.2) is 4.79 Å². The van der Waals surface area contributed by atoms with E-state index in [4.69, 9.17) is 4.74 Å². The van der Waals surface area contributed by atoms with Gasteiger partial charge >= 0.3 is 0 Å². The van der Waals surface area contributed by atoms with Crippen LogP contribution in [0.2, 0.25) is 0 Å². The van der Waals surface area contributed by atoms with E-state index >= 15 is 0 Å². The molecule has 0 amide bonds. The molecule has 1 aromatic heterocycles. The molecule has 1 saturated heterocycles. The van der Waals surface area contributed by atoms with Gasteiger partial charge in [-0.1, -0.05) is 0 Å². The lowest BCUT2D eigenvalue weighted by atomic mass is 10.1. The number of H-pyrrole nitrogens is 1. The molecule has 2 aliphatic heterocycles. The van der Waals surface area contributed by atoms with Crippen molar-refractivity contribution < 1.29 is 4.74 Å². The maximum Gasteiger partial charge on any atom is 0.256 e. The summed E-state index contributed by atoms with van der Waals surface area (Å²) in [5.41, 5.74) is 0.749. The van der Waals surface area contributed by atoms with Crippen molar-refractivity contribution >= 4 is 5.82 Å². The highest BCUT2D eigenvalue weighted by atomic mass is 16.5. The van der Waals surface area contributed by atoms with Crippen LogP contribution in [0.5, 0.6) is 0 Å². The van der Waals surface area contributed by atoms with E-state index < -0.39 is 0 Å². The van der Waals surface area contributed by atoms with Gasteiger partial charge in [0.1, 0.15) is 17.7 Å². The van der Waals surface area contributed by atoms with Crippen LogP contribution in [0.3, 0.4) is 0 Å². The monoisotopic (exact) mass is 278 g/mol. The molecule has 20 heavy (non-hydrogen) atoms. The molecule has 0 spiro atoms. The van der Waals surface area contributed by atoms with Crippen molar-refractivity contribution in [3.05, 3.63) is 21.7 Å². The Morgan fingerprint density at radius 2 is 2.30 bits per heavy atom. The van der Waals surface area contributed by atoms with Crippen molar-refractivity contribution in [2.75, 3.05) is 31.6 Å². The molecule has 1 fully saturated rings. The number of hydrogen-bond donors (Lipinski definition) is 2. The Morgan fingerprint density at radius 3 is 3.10 bits per heavy atom. The normalized spacial score (nSPS) is 23.4. The van der Waals surface area contributed by atoms with E-state index in [1.165, 1.54) is 0 Å². The standard InChI is InChI=1S/C14H22N4O2/c1-9(2)18-6-7-20-11(8-18)13-16-12-10(14(19)17-13)4-3-5-15-12/h9,11H,3-8H2,1-2H3,(H2,15,16,17,19). The van der Waals surface area contributed by atoms with Gasteiger partial charge < -0.3 is 15.0 Å². The van der Waals surface area contributed by atoms with Crippen molar-refractivity contribution in [2.45, 2.75) is 38.8 Å². The first kappa shape index (κ1) is 13.6. The van der Waals surface area contributed by atoms with Gasteiger partial charge in [0.25, 0.3) is 5.56 Å². The SMILES string of the molecule is CC(C)N1CCOC(c2nc3c(c(=O)[nH]2)CCCN3)C1. The highest BCUT2D eigenvalue weighted by Gasteiger charge is 2.27. The van der Waals surface area contributed by atoms with E-state index in [-0.39, 0.29) is 11.7 Å². The van der Waals surface area contributed by atoms with E-state index in [0.29, 0.717) is 18.5 Å². The number of aromatic nitrogens is 2. The average Bonchev–Trinajstić information content (AvgIpc) is 2.47. The van der Waals surface area contributed by atoms with E-state index in [1.807, 2.05) is 0 Å². The molecule has 0 radical (unpaired) electrons. The van der Waals surface area contributed by atoms with Gasteiger partial charge in [-0.25, -0.2) is 4.98 Å². The highest BCUT2D eigenvalue weighted by Crippen LogP contribution is 2.23. The highest BCUT2D eigenvalue weighted by molar-refractivity contribution is 5.45. The summed E-state index contributed by atoms with van der Waals surface area (Å²) < 4.78 is 5.79. The molecule has 0 bridgehead atoms. The van der Waals surface area contributed by atoms with E-state index in [2.05, 4.69) is 34.0 Å². The van der Waals surface area contributed by atoms with E-state index in [1.54, 1.807) is 0 Å². The molecule has 2 N–H and O–H groups in total. The lowest BCUT2D eigenvalue weighted by molar-refractivity contribution is -0.0443. The first-order chi connectivity index (χ1) is 9.65. The second-order valence-corrected chi connectivity index (χ2v) is 5.76. The largest absolute Gasteiger partial charge is 0.370 e. The summed E-state index contributed by atoms with van der Waals surface area (Å²) in [6.07, 6.45) is 1.64. The summed E-state index contributed by atoms with van der Waals surface area (Å²) in [5, 5.41) is 3.22. The number of rotatable bonds is 2. The third-order valence-electron chi connectivity index (χ3n) is 4.06. The zero-order valence-electron chi connectivity index (χ0n) is 12.1. The topological polar surface area (TPSA) is 70.2 Å². The van der Waals surface area contributed by atoms with Crippen molar-refractivity contribution in [1.29, 1.82) is 0 Å². The molecule has 6 nitrogen and oxygen atoms in total. The molecule has 1 atom stereocenters. The first-order valence-corrected chi connectivity index (χ1v) is 7.38. The third-order valence-corrected chi connectivity index (χ3v) is 4.06. The van der Waals surface area contributed by atoms with Crippen LogP contribution in [0.25, 0.3) is 0 Å². The summed E-state index contributed by atoms with van der Waals surface area (Å²) in [6.45, 7) is 7.62. The number of hydrogen-bond acceptors (Lipinski definition) is 5. The number of nitrogens with one attached hydrogen (secondary N) is 2. The number of ether oxygens (including phenoxy) is 1. The molecule has 0 aliphatic carbocycles. The minimum absolute atomic E-state index is 0.0255. The fourth-order valence-corrected chi connectivity index (χ4v) is 2.82. The Kier molecular flexibility index (Phi) is 3.76. The number of nitrogens with zero attached hydrogens (tertiary/aromatic N) is 2. The van der Waals surface area contributed by atoms with Crippen molar-refractivity contribution in [3.8, 4) is 0 Å². The smallest absolute Gasteiger partial charge is 0.256 e. The minimum Gasteiger partial charge on any atom is -0.370 e. The lowest BCUT2D eigenvalue weighted by Gasteiger charge is -2.35. The van der Waals surface area contributed by atoms with Gasteiger partial charge in [0, 0.05) is 25.7 Å². The maximum atomic E-state index is 12.1. The van der Waals surface area contributed by atoms with Crippen LogP contribution >= 0.6 is 0 Å². The van der Waals surface area contributed by atoms with Crippen molar-refractivity contribution in [2.24, 2.45) is 0 Å². The molecule has 0 saturated carbocycles. The van der Waals surface area contributed by atoms with Crippen molar-refractivity contribution in [3.63, 3.8) is 0 Å². The average molecular weight is 278 g/mol. The molecule has 3 heterocycles. The second-order valence-electron chi connectivity index (χ2n) is 5.76. The van der Waals surface area contributed by atoms with Crippen LogP contribution in [-0.2, 0) is 11.2 Å². The Bertz CT molecular complexity index is 540. The summed E-state index contributed by atoms with van der Waals surface area (Å²) in [5.74, 6) is 1.38. The van der Waals surface area contributed by atoms with Crippen LogP contribution < -0.4 is 10.9 Å². The Labute approximate surface area is 118 Å². The predicted octanol–water partition coefficient (Wildman–Crippen LogP) is 0.910. The molecule has 1 aromatic rings. The maximum absolute atomic E-state index is 12.1. The van der Waals surface area contributed by atoms with Crippen LogP contribution in [0, 0.1) is 0 Å². The van der Waals surface area contributed by atoms with Gasteiger partial charge in [0.2, 0.25) is 0 Å². The van der Waals surface area contributed by atoms with Crippen molar-refractivity contribution in [1.82, 2.24) is 14.9 Å². The number of fused-ring (bicyclic) bond motifs is 1. The summed E-state index contributed by atoms with van der Waals surface area (Å²) in [6, 6.07) is 0.476. The summed E-state index contributed by atoms with van der Waals surface area (Å²) in [7, 11) is 0. The van der Waals surface area contributed by atoms with Gasteiger partial charge in [-0.3, -0.25) is 9.69 Å². The summed E-state index contributed by atoms with van der Waals surface area (Å²) >= 11 is 0. The fraction of sp³-hybridized carbons (Fsp3) is 0.714. The molecular formula is C14H22N4O2. The van der Waals surface area contributed by atoms with E-state index in [9.17, 15) is 4.79 Å². The second kappa shape index (κ2) is 5.54. The van der Waals surface area contributed by atoms with Gasteiger partial charge in [-0.15, -0.1) is 0 Å². The first-order valence-electron chi connectivity index (χ1n) is 7.38. The van der Waals surface area contributed by atoms with Crippen LogP contribution in [0.4, 0.5) is 5.82 Å². The van der Waals surface area contributed by atoms with E-state index in [0.717, 1.165) is 43.9 Å². The van der Waals surface area contributed by atoms with Gasteiger partial charge in [-0.2, -0.15) is 0 Å². The Hall–Kier alpha value is -1.40. The minimum atomic E-state index is -0.145. The zero-order chi connectivity index (χ0) is 14.1. The lowest BCUT2D eigenvalue weighted by Crippen LogP contribution is -2.43. The molecule has 3 rings (SSSR count). The Balaban J connectivity index is 1.86. The molecule has 2 aliphatic rings. The molecule has 1 unspecified atom stereocenters. The zero-order valence-corrected chi connectivity index (χ0v) is 12.1. The molecule has 0 aromatic carbocycles. The fourth-order valence-electron chi connectivity index (χ4n) is 2.82. The number of morpholine rings is 1. The van der Waals surface area contributed by atoms with Gasteiger partial charge in [0.05, 0.1) is 12.2 Å². The third kappa shape index (κ3) is 2.58. The van der Waals surface area contributed by atoms with Crippen LogP contribution in [-0.4, -0.2) is 47.2 Å². The van der Waals surface area contributed by atoms with Crippen LogP contribution in [0.1, 0.15) is 37.8 Å². The van der Waals surface area contributed by atoms with Gasteiger partial charge in [-0.05, 0) is 26.7 Å². The number of aromatic amines is 1. The predicted molar refractivity (Wildman–Crippen MR) is 77.1 cm³/mol.